The summed E-state index contributed by atoms with van der Waals surface area (Å²) >= 11 is 0. The maximum atomic E-state index is 10.3. The molecule has 3 unspecified atom stereocenters. The van der Waals surface area contributed by atoms with Crippen molar-refractivity contribution < 1.29 is 53.9 Å². The maximum Gasteiger partial charge on any atom is 0.335 e. The van der Waals surface area contributed by atoms with E-state index in [1.807, 2.05) is 0 Å². The van der Waals surface area contributed by atoms with E-state index in [1.54, 1.807) is 0 Å². The second-order valence-electron chi connectivity index (χ2n) is 8.36. The number of fused-ring (bicyclic) bond motifs is 1. The molecule has 8 heteroatoms. The van der Waals surface area contributed by atoms with Gasteiger partial charge in [-0.2, -0.15) is 6.61 Å². The molecule has 0 aromatic rings. The van der Waals surface area contributed by atoms with Gasteiger partial charge in [-0.25, -0.2) is 0 Å². The van der Waals surface area contributed by atoms with Gasteiger partial charge in [-0.3, -0.25) is 0 Å². The summed E-state index contributed by atoms with van der Waals surface area (Å²) in [5, 5.41) is 10.3. The molecular weight excluding hydrogens is 578 g/mol. The number of hydrogen-bond acceptors (Lipinski definition) is 5. The summed E-state index contributed by atoms with van der Waals surface area (Å²) in [5.41, 5.74) is 1.16. The molecule has 0 spiro atoms. The van der Waals surface area contributed by atoms with Crippen LogP contribution < -0.4 is 0 Å². The van der Waals surface area contributed by atoms with Gasteiger partial charge < -0.3 is 22.8 Å². The first-order valence-corrected chi connectivity index (χ1v) is 13.2. The Hall–Kier alpha value is 1.29. The van der Waals surface area contributed by atoms with E-state index in [0.29, 0.717) is 17.7 Å². The van der Waals surface area contributed by atoms with Crippen LogP contribution in [0.1, 0.15) is 55.4 Å². The second kappa shape index (κ2) is 9.19. The van der Waals surface area contributed by atoms with Gasteiger partial charge in [-0.1, -0.05) is 55.4 Å². The first-order valence-electron chi connectivity index (χ1n) is 9.25. The molecule has 2 rings (SSSR count). The molecule has 1 N–H and O–H groups in total. The normalized spacial score (nSPS) is 31.8. The van der Waals surface area contributed by atoms with Crippen molar-refractivity contribution in [2.75, 3.05) is 6.61 Å². The zero-order valence-corrected chi connectivity index (χ0v) is 23.1. The Morgan fingerprint density at radius 2 is 1.36 bits per heavy atom. The van der Waals surface area contributed by atoms with Gasteiger partial charge in [-0.15, -0.1) is 0 Å². The minimum Gasteiger partial charge on any atom is -0.544 e. The average Bonchev–Trinajstić information content (AvgIpc) is 2.77. The molecule has 2 saturated heterocycles. The Labute approximate surface area is 179 Å². The van der Waals surface area contributed by atoms with Gasteiger partial charge >= 0.3 is 17.1 Å². The molecule has 2 fully saturated rings. The van der Waals surface area contributed by atoms with Crippen molar-refractivity contribution in [2.45, 2.75) is 95.9 Å². The van der Waals surface area contributed by atoms with Crippen molar-refractivity contribution in [1.82, 2.24) is 0 Å². The molecule has 0 saturated carbocycles. The number of ether oxygens (including phenoxy) is 1. The summed E-state index contributed by atoms with van der Waals surface area (Å²) < 4.78 is 25.9. The number of aliphatic hydroxyl groups is 1. The quantitative estimate of drug-likeness (QED) is 0.386. The third-order valence-electron chi connectivity index (χ3n) is 5.43. The number of rotatable bonds is 4. The van der Waals surface area contributed by atoms with E-state index >= 15 is 0 Å². The fourth-order valence-corrected chi connectivity index (χ4v) is 15.2. The first-order chi connectivity index (χ1) is 11.1. The van der Waals surface area contributed by atoms with Crippen molar-refractivity contribution in [2.24, 2.45) is 0 Å². The Balaban J connectivity index is 0.00000312. The van der Waals surface area contributed by atoms with Gasteiger partial charge in [-0.05, 0) is 28.3 Å². The molecule has 0 radical (unpaired) electrons. The van der Waals surface area contributed by atoms with Crippen LogP contribution in [0.5, 0.6) is 0 Å². The van der Waals surface area contributed by atoms with E-state index < -0.39 is 29.3 Å². The summed E-state index contributed by atoms with van der Waals surface area (Å²) in [6.07, 6.45) is -1.37. The Bertz CT molecular complexity index is 417. The molecule has 0 aromatic heterocycles. The second-order valence-corrected chi connectivity index (χ2v) is 17.2. The minimum atomic E-state index is -2.63. The molecule has 2 aliphatic heterocycles. The van der Waals surface area contributed by atoms with Crippen LogP contribution in [-0.4, -0.2) is 47.1 Å². The summed E-state index contributed by atoms with van der Waals surface area (Å²) in [6.45, 7) is 19.4. The van der Waals surface area contributed by atoms with E-state index in [2.05, 4.69) is 55.4 Å². The molecule has 5 nitrogen and oxygen atoms in total. The molecule has 2 aliphatic rings. The van der Waals surface area contributed by atoms with Crippen molar-refractivity contribution in [3.63, 3.8) is 0 Å². The van der Waals surface area contributed by atoms with E-state index in [9.17, 15) is 5.11 Å². The molecule has 25 heavy (non-hydrogen) atoms. The van der Waals surface area contributed by atoms with Crippen LogP contribution in [0.3, 0.4) is 0 Å². The predicted octanol–water partition coefficient (Wildman–Crippen LogP) is 3.86. The Kier molecular flexibility index (Phi) is 8.94. The van der Waals surface area contributed by atoms with Crippen LogP contribution in [0.15, 0.2) is 0 Å². The Morgan fingerprint density at radius 3 is 1.80 bits per heavy atom. The fourth-order valence-electron chi connectivity index (χ4n) is 3.97. The van der Waals surface area contributed by atoms with Gasteiger partial charge in [0.05, 0.1) is 18.8 Å². The summed E-state index contributed by atoms with van der Waals surface area (Å²) in [5.74, 6) is 0. The molecule has 2 heterocycles. The SMILES string of the molecule is CC(C)[Si]1(C(C)C)OCC2O[CH-]C(O)C2O[Si](C(C)C)(C(C)C)O1.[U]. The van der Waals surface area contributed by atoms with E-state index in [1.165, 1.54) is 6.61 Å². The predicted molar refractivity (Wildman–Crippen MR) is 99.0 cm³/mol. The third kappa shape index (κ3) is 4.49. The molecule has 146 valence electrons. The maximum absolute atomic E-state index is 10.3. The van der Waals surface area contributed by atoms with Crippen LogP contribution in [0.4, 0.5) is 0 Å². The zero-order valence-electron chi connectivity index (χ0n) is 16.9. The van der Waals surface area contributed by atoms with Gasteiger partial charge in [0, 0.05) is 31.1 Å². The molecule has 3 atom stereocenters. The smallest absolute Gasteiger partial charge is 0.335 e. The van der Waals surface area contributed by atoms with Crippen LogP contribution in [0, 0.1) is 37.7 Å². The topological polar surface area (TPSA) is 57.2 Å². The molecular formula is C17H35O5Si2U-. The largest absolute Gasteiger partial charge is 0.544 e. The van der Waals surface area contributed by atoms with Crippen molar-refractivity contribution >= 4 is 17.1 Å². The van der Waals surface area contributed by atoms with E-state index in [-0.39, 0.29) is 48.3 Å². The fraction of sp³-hybridized carbons (Fsp3) is 0.941. The van der Waals surface area contributed by atoms with E-state index in [4.69, 9.17) is 17.7 Å². The monoisotopic (exact) mass is 613 g/mol. The van der Waals surface area contributed by atoms with Crippen LogP contribution >= 0.6 is 0 Å². The van der Waals surface area contributed by atoms with E-state index in [0.717, 1.165) is 0 Å². The molecule has 0 amide bonds. The van der Waals surface area contributed by atoms with Gasteiger partial charge in [0.1, 0.15) is 0 Å². The van der Waals surface area contributed by atoms with Crippen molar-refractivity contribution in [3.05, 3.63) is 6.61 Å². The number of hydrogen-bond donors (Lipinski definition) is 1. The van der Waals surface area contributed by atoms with Crippen LogP contribution in [-0.2, 0) is 17.7 Å². The Morgan fingerprint density at radius 1 is 0.880 bits per heavy atom. The van der Waals surface area contributed by atoms with Gasteiger partial charge in [0.15, 0.2) is 0 Å². The molecule has 0 bridgehead atoms. The van der Waals surface area contributed by atoms with Crippen molar-refractivity contribution in [1.29, 1.82) is 0 Å². The van der Waals surface area contributed by atoms with Gasteiger partial charge in [0.2, 0.25) is 0 Å². The number of aliphatic hydroxyl groups excluding tert-OH is 1. The van der Waals surface area contributed by atoms with Crippen molar-refractivity contribution in [3.8, 4) is 0 Å². The molecule has 0 aliphatic carbocycles. The minimum absolute atomic E-state index is 0. The summed E-state index contributed by atoms with van der Waals surface area (Å²) in [4.78, 5) is 0. The molecule has 0 aromatic carbocycles. The average molecular weight is 614 g/mol. The van der Waals surface area contributed by atoms with Gasteiger partial charge in [0.25, 0.3) is 0 Å². The summed E-state index contributed by atoms with van der Waals surface area (Å²) in [7, 11) is -5.13. The van der Waals surface area contributed by atoms with Crippen LogP contribution in [0.2, 0.25) is 22.2 Å². The first kappa shape index (κ1) is 24.3. The zero-order chi connectivity index (χ0) is 18.3. The van der Waals surface area contributed by atoms with Crippen LogP contribution in [0.25, 0.3) is 0 Å². The standard InChI is InChI=1S/C17H35O5Si2.U/c1-11(2)23(12(3)4)20-10-16-17(15(18)9-19-16)21-24(22-23,13(5)6)14(7)8;/h9,11-18H,10H2,1-8H3;/q-1;. The third-order valence-corrected chi connectivity index (χ3v) is 15.7. The summed E-state index contributed by atoms with van der Waals surface area (Å²) in [6, 6.07) is 0.